The van der Waals surface area contributed by atoms with E-state index >= 15 is 0 Å². The third kappa shape index (κ3) is 3.67. The Morgan fingerprint density at radius 2 is 1.58 bits per heavy atom. The molecule has 2 aromatic carbocycles. The summed E-state index contributed by atoms with van der Waals surface area (Å²) in [6.07, 6.45) is 1.58. The van der Waals surface area contributed by atoms with Gasteiger partial charge in [0.25, 0.3) is 0 Å². The number of oxime groups is 1. The highest BCUT2D eigenvalue weighted by Gasteiger charge is 2.12. The Kier molecular flexibility index (Phi) is 4.29. The van der Waals surface area contributed by atoms with Gasteiger partial charge in [0.15, 0.2) is 5.71 Å². The molecule has 0 aliphatic heterocycles. The standard InChI is InChI=1S/C15H14N2O2/c18-16-15(14-9-5-2-6-10-14)12-17(19)11-13-7-3-1-4-8-13/h1-11H,12H2,(H-,18,19)/p+1. The van der Waals surface area contributed by atoms with E-state index in [4.69, 9.17) is 5.21 Å². The molecule has 4 heteroatoms. The second kappa shape index (κ2) is 6.35. The first kappa shape index (κ1) is 12.8. The van der Waals surface area contributed by atoms with Crippen LogP contribution in [-0.4, -0.2) is 33.6 Å². The Bertz CT molecular complexity index is 578. The Hall–Kier alpha value is -2.62. The lowest BCUT2D eigenvalue weighted by atomic mass is 10.1. The molecule has 19 heavy (non-hydrogen) atoms. The predicted molar refractivity (Wildman–Crippen MR) is 73.3 cm³/mol. The Labute approximate surface area is 111 Å². The smallest absolute Gasteiger partial charge is 0.238 e. The fourth-order valence-corrected chi connectivity index (χ4v) is 1.72. The summed E-state index contributed by atoms with van der Waals surface area (Å²) in [6, 6.07) is 18.7. The van der Waals surface area contributed by atoms with Crippen LogP contribution in [0.15, 0.2) is 65.8 Å². The Balaban J connectivity index is 2.14. The Morgan fingerprint density at radius 1 is 1.00 bits per heavy atom. The van der Waals surface area contributed by atoms with E-state index in [0.29, 0.717) is 5.71 Å². The van der Waals surface area contributed by atoms with Crippen molar-refractivity contribution in [2.75, 3.05) is 6.54 Å². The highest BCUT2D eigenvalue weighted by atomic mass is 16.5. The molecule has 2 rings (SSSR count). The molecule has 0 heterocycles. The zero-order valence-corrected chi connectivity index (χ0v) is 10.3. The van der Waals surface area contributed by atoms with Gasteiger partial charge in [-0.05, 0) is 16.9 Å². The molecular weight excluding hydrogens is 240 g/mol. The van der Waals surface area contributed by atoms with Crippen LogP contribution in [0.25, 0.3) is 0 Å². The van der Waals surface area contributed by atoms with Gasteiger partial charge in [-0.25, -0.2) is 0 Å². The molecule has 0 fully saturated rings. The van der Waals surface area contributed by atoms with Crippen LogP contribution in [0, 0.1) is 0 Å². The van der Waals surface area contributed by atoms with Gasteiger partial charge in [-0.2, -0.15) is 0 Å². The molecule has 0 bridgehead atoms. The van der Waals surface area contributed by atoms with Crippen LogP contribution in [0.2, 0.25) is 0 Å². The SMILES string of the molecule is ON=C(C[N+](O)=Cc1ccccc1)c1ccccc1. The van der Waals surface area contributed by atoms with Gasteiger partial charge in [0.2, 0.25) is 12.8 Å². The summed E-state index contributed by atoms with van der Waals surface area (Å²) in [5, 5.41) is 22.1. The van der Waals surface area contributed by atoms with Crippen LogP contribution in [0.3, 0.4) is 0 Å². The first-order chi connectivity index (χ1) is 9.29. The predicted octanol–water partition coefficient (Wildman–Crippen LogP) is 2.39. The third-order valence-corrected chi connectivity index (χ3v) is 2.64. The maximum atomic E-state index is 9.85. The van der Waals surface area contributed by atoms with E-state index in [0.717, 1.165) is 15.9 Å². The largest absolute Gasteiger partial charge is 0.410 e. The molecule has 0 atom stereocenters. The van der Waals surface area contributed by atoms with Gasteiger partial charge < -0.3 is 5.21 Å². The minimum Gasteiger partial charge on any atom is -0.410 e. The average Bonchev–Trinajstić information content (AvgIpc) is 2.47. The monoisotopic (exact) mass is 255 g/mol. The van der Waals surface area contributed by atoms with Crippen LogP contribution < -0.4 is 0 Å². The van der Waals surface area contributed by atoms with Gasteiger partial charge in [-0.3, -0.25) is 5.21 Å². The number of hydroxylamine groups is 1. The lowest BCUT2D eigenvalue weighted by Crippen LogP contribution is -2.20. The van der Waals surface area contributed by atoms with E-state index in [9.17, 15) is 5.21 Å². The average molecular weight is 255 g/mol. The normalized spacial score (nSPS) is 12.4. The second-order valence-corrected chi connectivity index (χ2v) is 4.05. The summed E-state index contributed by atoms with van der Waals surface area (Å²) < 4.78 is 0.997. The number of hydrogen-bond donors (Lipinski definition) is 2. The fourth-order valence-electron chi connectivity index (χ4n) is 1.72. The quantitative estimate of drug-likeness (QED) is 0.381. The molecule has 0 amide bonds. The van der Waals surface area contributed by atoms with E-state index in [1.807, 2.05) is 60.7 Å². The van der Waals surface area contributed by atoms with Crippen molar-refractivity contribution >= 4 is 11.9 Å². The van der Waals surface area contributed by atoms with E-state index in [-0.39, 0.29) is 6.54 Å². The molecule has 0 unspecified atom stereocenters. The van der Waals surface area contributed by atoms with Crippen molar-refractivity contribution in [3.05, 3.63) is 71.8 Å². The van der Waals surface area contributed by atoms with Crippen LogP contribution >= 0.6 is 0 Å². The zero-order valence-electron chi connectivity index (χ0n) is 10.3. The molecule has 2 aromatic rings. The first-order valence-corrected chi connectivity index (χ1v) is 5.91. The maximum absolute atomic E-state index is 9.85. The van der Waals surface area contributed by atoms with E-state index < -0.39 is 0 Å². The summed E-state index contributed by atoms with van der Waals surface area (Å²) in [6.45, 7) is 0.107. The van der Waals surface area contributed by atoms with Gasteiger partial charge in [-0.1, -0.05) is 53.7 Å². The molecule has 4 nitrogen and oxygen atoms in total. The number of hydrogen-bond acceptors (Lipinski definition) is 3. The van der Waals surface area contributed by atoms with E-state index in [2.05, 4.69) is 5.16 Å². The topological polar surface area (TPSA) is 55.8 Å². The van der Waals surface area contributed by atoms with Gasteiger partial charge in [-0.15, -0.1) is 0 Å². The first-order valence-electron chi connectivity index (χ1n) is 5.91. The van der Waals surface area contributed by atoms with Crippen LogP contribution in [0.1, 0.15) is 11.1 Å². The molecule has 0 aliphatic rings. The molecule has 0 aliphatic carbocycles. The second-order valence-electron chi connectivity index (χ2n) is 4.05. The number of benzene rings is 2. The van der Waals surface area contributed by atoms with Crippen molar-refractivity contribution in [2.24, 2.45) is 5.16 Å². The molecule has 0 saturated heterocycles. The van der Waals surface area contributed by atoms with Crippen LogP contribution in [0.4, 0.5) is 0 Å². The number of rotatable bonds is 4. The lowest BCUT2D eigenvalue weighted by molar-refractivity contribution is -0.761. The van der Waals surface area contributed by atoms with E-state index in [1.165, 1.54) is 0 Å². The molecule has 0 saturated carbocycles. The van der Waals surface area contributed by atoms with Crippen molar-refractivity contribution in [1.82, 2.24) is 0 Å². The minimum absolute atomic E-state index is 0.107. The molecular formula is C15H15N2O2+. The third-order valence-electron chi connectivity index (χ3n) is 2.64. The molecule has 0 radical (unpaired) electrons. The number of nitrogens with zero attached hydrogens (tertiary/aromatic N) is 2. The van der Waals surface area contributed by atoms with Crippen molar-refractivity contribution in [2.45, 2.75) is 0 Å². The van der Waals surface area contributed by atoms with E-state index in [1.54, 1.807) is 6.21 Å². The minimum atomic E-state index is 0.107. The molecule has 0 aromatic heterocycles. The summed E-state index contributed by atoms with van der Waals surface area (Å²) >= 11 is 0. The van der Waals surface area contributed by atoms with Crippen molar-refractivity contribution in [3.63, 3.8) is 0 Å². The van der Waals surface area contributed by atoms with Gasteiger partial charge in [0, 0.05) is 11.1 Å². The highest BCUT2D eigenvalue weighted by Crippen LogP contribution is 2.01. The summed E-state index contributed by atoms with van der Waals surface area (Å²) in [4.78, 5) is 0. The van der Waals surface area contributed by atoms with Crippen molar-refractivity contribution in [1.29, 1.82) is 0 Å². The summed E-state index contributed by atoms with van der Waals surface area (Å²) in [5.41, 5.74) is 2.04. The maximum Gasteiger partial charge on any atom is 0.238 e. The van der Waals surface area contributed by atoms with Crippen LogP contribution in [-0.2, 0) is 0 Å². The van der Waals surface area contributed by atoms with Gasteiger partial charge in [0.1, 0.15) is 0 Å². The van der Waals surface area contributed by atoms with Gasteiger partial charge >= 0.3 is 0 Å². The fraction of sp³-hybridized carbons (Fsp3) is 0.0667. The van der Waals surface area contributed by atoms with Gasteiger partial charge in [0.05, 0.1) is 0 Å². The lowest BCUT2D eigenvalue weighted by Gasteiger charge is -1.99. The summed E-state index contributed by atoms with van der Waals surface area (Å²) in [7, 11) is 0. The molecule has 2 N–H and O–H groups in total. The Morgan fingerprint density at radius 3 is 2.16 bits per heavy atom. The summed E-state index contributed by atoms with van der Waals surface area (Å²) in [5.74, 6) is 0. The van der Waals surface area contributed by atoms with Crippen LogP contribution in [0.5, 0.6) is 0 Å². The highest BCUT2D eigenvalue weighted by molar-refractivity contribution is 6.01. The molecule has 0 spiro atoms. The molecule has 96 valence electrons. The zero-order chi connectivity index (χ0) is 13.5. The van der Waals surface area contributed by atoms with Crippen molar-refractivity contribution < 1.29 is 15.2 Å². The van der Waals surface area contributed by atoms with Crippen molar-refractivity contribution in [3.8, 4) is 0 Å².